The highest BCUT2D eigenvalue weighted by atomic mass is 19.1. The number of benzene rings is 1. The molecule has 0 fully saturated rings. The molecule has 1 aliphatic heterocycles. The van der Waals surface area contributed by atoms with E-state index in [4.69, 9.17) is 8.85 Å². The lowest BCUT2D eigenvalue weighted by molar-refractivity contribution is -0.120. The molecule has 0 saturated heterocycles. The SMILES string of the molecule is [2H]C([2H])([2H])N1C(=O)C(NC(=O)c2nn(Cc3ccccc3)cc2F)COc2cccnc21. The average molecular weight is 398 g/mol. The maximum Gasteiger partial charge on any atom is 0.275 e. The van der Waals surface area contributed by atoms with Gasteiger partial charge in [0.1, 0.15) is 12.6 Å². The van der Waals surface area contributed by atoms with Crippen LogP contribution in [0.2, 0.25) is 0 Å². The summed E-state index contributed by atoms with van der Waals surface area (Å²) < 4.78 is 44.3. The molecule has 0 radical (unpaired) electrons. The van der Waals surface area contributed by atoms with Crippen LogP contribution in [0.4, 0.5) is 10.2 Å². The van der Waals surface area contributed by atoms with E-state index >= 15 is 0 Å². The number of pyridine rings is 1. The van der Waals surface area contributed by atoms with Gasteiger partial charge in [0.2, 0.25) is 0 Å². The van der Waals surface area contributed by atoms with Crippen LogP contribution in [0.3, 0.4) is 0 Å². The molecule has 3 heterocycles. The number of aromatic nitrogens is 3. The monoisotopic (exact) mass is 398 g/mol. The first-order valence-electron chi connectivity index (χ1n) is 10.2. The number of ether oxygens (including phenoxy) is 1. The molecule has 148 valence electrons. The van der Waals surface area contributed by atoms with Crippen LogP contribution < -0.4 is 15.0 Å². The van der Waals surface area contributed by atoms with Crippen LogP contribution in [-0.4, -0.2) is 46.2 Å². The van der Waals surface area contributed by atoms with Crippen LogP contribution >= 0.6 is 0 Å². The first-order chi connectivity index (χ1) is 15.2. The number of anilines is 1. The maximum atomic E-state index is 14.4. The summed E-state index contributed by atoms with van der Waals surface area (Å²) in [6.45, 7) is -2.99. The number of rotatable bonds is 4. The third-order valence-electron chi connectivity index (χ3n) is 4.31. The Balaban J connectivity index is 1.55. The van der Waals surface area contributed by atoms with E-state index in [1.54, 1.807) is 0 Å². The van der Waals surface area contributed by atoms with E-state index < -0.39 is 36.3 Å². The van der Waals surface area contributed by atoms with Gasteiger partial charge in [-0.3, -0.25) is 19.2 Å². The second-order valence-corrected chi connectivity index (χ2v) is 6.34. The summed E-state index contributed by atoms with van der Waals surface area (Å²) in [7, 11) is 0. The Morgan fingerprint density at radius 2 is 2.17 bits per heavy atom. The zero-order valence-electron chi connectivity index (χ0n) is 18.1. The molecule has 2 aromatic heterocycles. The second-order valence-electron chi connectivity index (χ2n) is 6.34. The number of fused-ring (bicyclic) bond motifs is 1. The van der Waals surface area contributed by atoms with Gasteiger partial charge in [-0.15, -0.1) is 0 Å². The fourth-order valence-electron chi connectivity index (χ4n) is 2.90. The molecular weight excluding hydrogens is 377 g/mol. The number of amides is 2. The van der Waals surface area contributed by atoms with Crippen LogP contribution in [0.25, 0.3) is 0 Å². The van der Waals surface area contributed by atoms with Crippen molar-refractivity contribution < 1.29 is 22.8 Å². The molecule has 0 saturated carbocycles. The van der Waals surface area contributed by atoms with E-state index in [0.717, 1.165) is 11.8 Å². The molecule has 4 rings (SSSR count). The molecule has 1 atom stereocenters. The summed E-state index contributed by atoms with van der Waals surface area (Å²) in [6, 6.07) is 10.7. The van der Waals surface area contributed by atoms with E-state index in [9.17, 15) is 14.0 Å². The summed E-state index contributed by atoms with van der Waals surface area (Å²) >= 11 is 0. The summed E-state index contributed by atoms with van der Waals surface area (Å²) in [5, 5.41) is 6.30. The van der Waals surface area contributed by atoms with Crippen LogP contribution in [0, 0.1) is 5.82 Å². The van der Waals surface area contributed by atoms with Crippen molar-refractivity contribution in [2.75, 3.05) is 18.5 Å². The number of halogens is 1. The van der Waals surface area contributed by atoms with E-state index in [0.29, 0.717) is 4.90 Å². The Hall–Kier alpha value is -3.75. The van der Waals surface area contributed by atoms with Crippen LogP contribution in [-0.2, 0) is 11.3 Å². The molecule has 8 nitrogen and oxygen atoms in total. The number of likely N-dealkylation sites (N-methyl/N-ethyl adjacent to an activating group) is 1. The third kappa shape index (κ3) is 3.79. The largest absolute Gasteiger partial charge is 0.487 e. The standard InChI is InChI=1S/C20H18FN5O3/c1-25-18-16(8-5-9-22-18)29-12-15(20(25)28)23-19(27)17-14(21)11-26(24-17)10-13-6-3-2-4-7-13/h2-9,11,15H,10,12H2,1H3,(H,23,27)/i1D3. The summed E-state index contributed by atoms with van der Waals surface area (Å²) in [5.74, 6) is -2.92. The molecule has 0 aliphatic carbocycles. The maximum absolute atomic E-state index is 14.4. The van der Waals surface area contributed by atoms with Gasteiger partial charge in [0.15, 0.2) is 23.1 Å². The van der Waals surface area contributed by atoms with Crippen LogP contribution in [0.1, 0.15) is 20.2 Å². The highest BCUT2D eigenvalue weighted by Gasteiger charge is 2.32. The highest BCUT2D eigenvalue weighted by Crippen LogP contribution is 2.27. The van der Waals surface area contributed by atoms with Crippen molar-refractivity contribution in [2.24, 2.45) is 0 Å². The summed E-state index contributed by atoms with van der Waals surface area (Å²) in [6.07, 6.45) is 2.39. The summed E-state index contributed by atoms with van der Waals surface area (Å²) in [4.78, 5) is 30.1. The third-order valence-corrected chi connectivity index (χ3v) is 4.31. The Morgan fingerprint density at radius 3 is 2.97 bits per heavy atom. The predicted octanol–water partition coefficient (Wildman–Crippen LogP) is 1.62. The van der Waals surface area contributed by atoms with Crippen molar-refractivity contribution in [3.63, 3.8) is 0 Å². The van der Waals surface area contributed by atoms with E-state index in [1.807, 2.05) is 30.3 Å². The van der Waals surface area contributed by atoms with Gasteiger partial charge in [-0.05, 0) is 17.7 Å². The molecule has 1 aromatic carbocycles. The number of carbonyl (C=O) groups is 2. The number of nitrogens with one attached hydrogen (secondary N) is 1. The minimum atomic E-state index is -2.88. The Morgan fingerprint density at radius 1 is 1.34 bits per heavy atom. The van der Waals surface area contributed by atoms with Crippen molar-refractivity contribution in [1.29, 1.82) is 0 Å². The summed E-state index contributed by atoms with van der Waals surface area (Å²) in [5.41, 5.74) is 0.335. The number of hydrogen-bond donors (Lipinski definition) is 1. The molecule has 3 aromatic rings. The molecule has 0 spiro atoms. The molecule has 1 unspecified atom stereocenters. The Labute approximate surface area is 170 Å². The molecule has 0 bridgehead atoms. The highest BCUT2D eigenvalue weighted by molar-refractivity contribution is 6.02. The smallest absolute Gasteiger partial charge is 0.275 e. The fourth-order valence-corrected chi connectivity index (χ4v) is 2.90. The quantitative estimate of drug-likeness (QED) is 0.721. The molecule has 29 heavy (non-hydrogen) atoms. The topological polar surface area (TPSA) is 89.4 Å². The van der Waals surface area contributed by atoms with Crippen molar-refractivity contribution in [3.8, 4) is 5.75 Å². The van der Waals surface area contributed by atoms with Crippen molar-refractivity contribution in [1.82, 2.24) is 20.1 Å². The molecule has 2 amide bonds. The second kappa shape index (κ2) is 7.70. The van der Waals surface area contributed by atoms with Crippen molar-refractivity contribution in [3.05, 3.63) is 71.9 Å². The first-order valence-corrected chi connectivity index (χ1v) is 8.73. The molecule has 1 N–H and O–H groups in total. The van der Waals surface area contributed by atoms with E-state index in [-0.39, 0.29) is 24.7 Å². The molecular formula is C20H18FN5O3. The number of hydrogen-bond acceptors (Lipinski definition) is 5. The number of nitrogens with zero attached hydrogens (tertiary/aromatic N) is 4. The van der Waals surface area contributed by atoms with Crippen LogP contribution in [0.15, 0.2) is 54.9 Å². The van der Waals surface area contributed by atoms with Gasteiger partial charge in [0.05, 0.1) is 12.7 Å². The molecule has 1 aliphatic rings. The van der Waals surface area contributed by atoms with Gasteiger partial charge in [0.25, 0.3) is 11.8 Å². The van der Waals surface area contributed by atoms with Gasteiger partial charge in [-0.1, -0.05) is 30.3 Å². The zero-order chi connectivity index (χ0) is 22.9. The minimum Gasteiger partial charge on any atom is -0.487 e. The normalized spacial score (nSPS) is 18.0. The minimum absolute atomic E-state index is 0.0760. The van der Waals surface area contributed by atoms with E-state index in [1.165, 1.54) is 23.0 Å². The van der Waals surface area contributed by atoms with E-state index in [2.05, 4.69) is 15.4 Å². The van der Waals surface area contributed by atoms with Gasteiger partial charge < -0.3 is 10.1 Å². The van der Waals surface area contributed by atoms with Gasteiger partial charge >= 0.3 is 0 Å². The average Bonchev–Trinajstić information content (AvgIpc) is 3.04. The number of carbonyl (C=O) groups excluding carboxylic acids is 2. The van der Waals surface area contributed by atoms with Gasteiger partial charge in [-0.25, -0.2) is 9.37 Å². The van der Waals surface area contributed by atoms with Crippen LogP contribution in [0.5, 0.6) is 5.75 Å². The lowest BCUT2D eigenvalue weighted by Gasteiger charge is -2.19. The lowest BCUT2D eigenvalue weighted by Crippen LogP contribution is -2.49. The fraction of sp³-hybridized carbons (Fsp3) is 0.200. The first kappa shape index (κ1) is 15.2. The Kier molecular flexibility index (Phi) is 4.04. The van der Waals surface area contributed by atoms with Gasteiger partial charge in [0, 0.05) is 17.3 Å². The van der Waals surface area contributed by atoms with Crippen molar-refractivity contribution in [2.45, 2.75) is 12.6 Å². The van der Waals surface area contributed by atoms with Gasteiger partial charge in [-0.2, -0.15) is 5.10 Å². The molecule has 9 heteroatoms. The zero-order valence-corrected chi connectivity index (χ0v) is 15.1. The lowest BCUT2D eigenvalue weighted by atomic mass is 10.2. The Bertz CT molecular complexity index is 1150. The predicted molar refractivity (Wildman–Crippen MR) is 102 cm³/mol. The van der Waals surface area contributed by atoms with Crippen molar-refractivity contribution >= 4 is 17.6 Å².